The van der Waals surface area contributed by atoms with Crippen LogP contribution >= 0.6 is 0 Å². The number of H-pyrrole nitrogens is 1. The predicted octanol–water partition coefficient (Wildman–Crippen LogP) is 4.51. The van der Waals surface area contributed by atoms with Gasteiger partial charge in [0, 0.05) is 128 Å². The number of aromatic nitrogens is 1. The van der Waals surface area contributed by atoms with Crippen LogP contribution in [0.25, 0.3) is 10.9 Å². The lowest BCUT2D eigenvalue weighted by Gasteiger charge is -2.37. The van der Waals surface area contributed by atoms with E-state index in [1.54, 1.807) is 149 Å². The normalized spacial score (nSPS) is 22.0. The number of aromatic amines is 1. The molecule has 1 aliphatic rings. The van der Waals surface area contributed by atoms with Crippen molar-refractivity contribution in [2.45, 2.75) is 192 Å². The average Bonchev–Trinajstić information content (AvgIpc) is 1.71. The number of phenolic OH excluding ortho intramolecular Hbond substituents is 2. The Balaban J connectivity index is 1.21. The van der Waals surface area contributed by atoms with Gasteiger partial charge in [0.2, 0.25) is 76.8 Å². The van der Waals surface area contributed by atoms with Gasteiger partial charge in [0.1, 0.15) is 65.6 Å². The Morgan fingerprint density at radius 3 is 1.47 bits per heavy atom. The van der Waals surface area contributed by atoms with Crippen LogP contribution in [0.2, 0.25) is 0 Å². The van der Waals surface area contributed by atoms with Gasteiger partial charge in [0.05, 0.1) is 38.5 Å². The molecule has 8 rings (SSSR count). The summed E-state index contributed by atoms with van der Waals surface area (Å²) < 4.78 is 0. The molecule has 0 unspecified atom stereocenters. The SMILES string of the molecule is CCCC[C@H]1C(=O)N(C)CC(=O)C[C@@H](CC(=O)O)C(=O)C[C@@H](C(C)C)C(=O)N(C)[C@@H](Cc2ccccc2)C(=O)N[C@@H](Cc2ccc(O)cc2)C(=O)N(C)CC(=O)N[C@@H](Cc2c[nH]c3ccccc23)C(=O)N[C@@H](Cc2ccc(O)cc2)C(=O)N[C@@H](CC(C)C)C(=O)N[C@H](C(=O)CCC(N)=O)CC(=O)NCC(=O)N[C@@H](Cc2ccccc2)C(=O)N(C)[C@@H](Cc2ccccc2)C(=O)N1C. The first kappa shape index (κ1) is 102. The van der Waals surface area contributed by atoms with Gasteiger partial charge in [-0.25, -0.2) is 0 Å². The van der Waals surface area contributed by atoms with E-state index in [-0.39, 0.29) is 62.9 Å². The molecule has 0 aliphatic carbocycles. The second-order valence-corrected chi connectivity index (χ2v) is 34.4. The minimum atomic E-state index is -1.76. The third-order valence-electron chi connectivity index (χ3n) is 23.3. The number of ketones is 3. The Morgan fingerprint density at radius 2 is 0.924 bits per heavy atom. The highest BCUT2D eigenvalue weighted by molar-refractivity contribution is 6.02. The van der Waals surface area contributed by atoms with Crippen molar-refractivity contribution >= 4 is 111 Å². The van der Waals surface area contributed by atoms with Crippen molar-refractivity contribution in [1.29, 1.82) is 0 Å². The molecule has 1 saturated heterocycles. The van der Waals surface area contributed by atoms with Crippen LogP contribution < -0.4 is 43.0 Å². The summed E-state index contributed by atoms with van der Waals surface area (Å²) in [5, 5.41) is 50.4. The maximum Gasteiger partial charge on any atom is 0.304 e. The second-order valence-electron chi connectivity index (χ2n) is 34.4. The average molecular weight is 1800 g/mol. The lowest BCUT2D eigenvalue weighted by molar-refractivity contribution is -0.151. The molecule has 0 spiro atoms. The number of fused-ring (bicyclic) bond motifs is 1. The number of primary amides is 1. The molecule has 7 aromatic rings. The largest absolute Gasteiger partial charge is 0.508 e. The number of hydrogen-bond acceptors (Lipinski definition) is 19. The van der Waals surface area contributed by atoms with Crippen molar-refractivity contribution in [3.8, 4) is 11.5 Å². The van der Waals surface area contributed by atoms with E-state index >= 15 is 38.4 Å². The molecule has 0 bridgehead atoms. The molecule has 1 fully saturated rings. The van der Waals surface area contributed by atoms with E-state index in [1.807, 2.05) is 6.92 Å². The maximum atomic E-state index is 15.5. The molecule has 700 valence electrons. The lowest BCUT2D eigenvalue weighted by Crippen LogP contribution is -2.59. The van der Waals surface area contributed by atoms with Crippen molar-refractivity contribution in [2.24, 2.45) is 29.4 Å². The number of likely N-dealkylation sites (N-methyl/N-ethyl adjacent to an activating group) is 5. The predicted molar refractivity (Wildman–Crippen MR) is 486 cm³/mol. The minimum Gasteiger partial charge on any atom is -0.508 e. The molecule has 13 N–H and O–H groups in total. The quantitative estimate of drug-likeness (QED) is 0.0396. The van der Waals surface area contributed by atoms with Crippen molar-refractivity contribution in [1.82, 2.24) is 66.7 Å². The molecule has 34 heteroatoms. The number of amides is 13. The fraction of sp³-hybridized carbons (Fsp3) is 0.433. The van der Waals surface area contributed by atoms with Gasteiger partial charge >= 0.3 is 5.97 Å². The maximum absolute atomic E-state index is 15.5. The fourth-order valence-corrected chi connectivity index (χ4v) is 15.9. The van der Waals surface area contributed by atoms with Crippen molar-refractivity contribution in [3.63, 3.8) is 0 Å². The number of unbranched alkanes of at least 4 members (excludes halogenated alkanes) is 1. The molecule has 1 aromatic heterocycles. The number of carbonyl (C=O) groups excluding carboxylic acids is 16. The Bertz CT molecular complexity index is 5170. The zero-order valence-corrected chi connectivity index (χ0v) is 75.7. The molecule has 131 heavy (non-hydrogen) atoms. The van der Waals surface area contributed by atoms with Crippen LogP contribution in [0.4, 0.5) is 0 Å². The standard InChI is InChI=1S/C97H122N14O20/c1-11-12-32-79-96(130)107(6)56-69(114)49-65(51-88(121)122)83(116)52-71(59(4)5)93(127)110(9)80(47-61-26-18-14-19-27-61)92(126)106-77(46-64-35-39-68(113)40-36-64)94(128)108(7)57-87(120)101-76(50-66-54-99-72-31-23-22-30-70(66)72)91(125)105-75(44-63-33-37-67(112)38-34-63)90(124)104-74(43-58(2)3)89(123)103-73(82(115)41-42-84(98)117)53-85(118)100-55-86(119)102-78(45-60-24-16-13-17-25-60)95(129)111(10)81(97(131)109(79)8)48-62-28-20-15-21-29-62/h13-31,33-40,54,58-59,65,71,73-81,99,112-113H,11-12,32,41-53,55-57H2,1-10H3,(H2,98,117)(H,100,118)(H,101,120)(H,102,119)(H,103,123)(H,104,124)(H,105,125)(H,106,126)(H,121,122)/t65-,71-,73-,74-,75-,76-,77-,78-,79-,80-,81-/m0/s1. The van der Waals surface area contributed by atoms with Crippen LogP contribution in [-0.2, 0) is 120 Å². The highest BCUT2D eigenvalue weighted by atomic mass is 16.4. The Labute approximate surface area is 761 Å². The number of phenols is 2. The highest BCUT2D eigenvalue weighted by Crippen LogP contribution is 2.28. The molecule has 34 nitrogen and oxygen atoms in total. The zero-order chi connectivity index (χ0) is 95.9. The van der Waals surface area contributed by atoms with Gasteiger partial charge in [-0.1, -0.05) is 181 Å². The van der Waals surface area contributed by atoms with Crippen LogP contribution in [0, 0.1) is 23.7 Å². The van der Waals surface area contributed by atoms with Crippen LogP contribution in [0.1, 0.15) is 132 Å². The van der Waals surface area contributed by atoms with Crippen molar-refractivity contribution in [2.75, 3.05) is 54.9 Å². The number of aromatic hydroxyl groups is 2. The topological polar surface area (TPSA) is 493 Å². The second kappa shape index (κ2) is 49.6. The van der Waals surface area contributed by atoms with Crippen LogP contribution in [-0.4, -0.2) is 254 Å². The Kier molecular flexibility index (Phi) is 38.8. The number of Topliss-reactive ketones (excluding diaryl/α,β-unsaturated/α-hetero) is 3. The van der Waals surface area contributed by atoms with Crippen molar-refractivity contribution < 1.29 is 96.8 Å². The molecule has 0 radical (unpaired) electrons. The number of nitrogens with two attached hydrogens (primary N) is 1. The summed E-state index contributed by atoms with van der Waals surface area (Å²) in [6, 6.07) is 30.2. The summed E-state index contributed by atoms with van der Waals surface area (Å²) in [6.45, 7) is 6.23. The first-order valence-electron chi connectivity index (χ1n) is 43.9. The highest BCUT2D eigenvalue weighted by Gasteiger charge is 2.43. The molecular formula is C97H122N14O20. The molecule has 2 heterocycles. The van der Waals surface area contributed by atoms with E-state index < -0.39 is 236 Å². The number of rotatable bonds is 24. The van der Waals surface area contributed by atoms with E-state index in [4.69, 9.17) is 5.73 Å². The summed E-state index contributed by atoms with van der Waals surface area (Å²) >= 11 is 0. The first-order chi connectivity index (χ1) is 62.3. The number of aliphatic carboxylic acids is 1. The number of carbonyl (C=O) groups is 17. The van der Waals surface area contributed by atoms with E-state index in [0.717, 1.165) is 19.6 Å². The van der Waals surface area contributed by atoms with Crippen LogP contribution in [0.5, 0.6) is 11.5 Å². The summed E-state index contributed by atoms with van der Waals surface area (Å²) in [7, 11) is 6.61. The van der Waals surface area contributed by atoms with Gasteiger partial charge in [0.15, 0.2) is 11.6 Å². The van der Waals surface area contributed by atoms with Gasteiger partial charge in [-0.3, -0.25) is 81.5 Å². The Hall–Kier alpha value is -14.0. The summed E-state index contributed by atoms with van der Waals surface area (Å²) in [5.41, 5.74) is 9.07. The third-order valence-corrected chi connectivity index (χ3v) is 23.3. The Morgan fingerprint density at radius 1 is 0.450 bits per heavy atom. The molecule has 6 aromatic carbocycles. The van der Waals surface area contributed by atoms with Crippen molar-refractivity contribution in [3.05, 3.63) is 203 Å². The number of nitrogens with one attached hydrogen (secondary N) is 8. The zero-order valence-electron chi connectivity index (χ0n) is 75.7. The van der Waals surface area contributed by atoms with Gasteiger partial charge in [-0.05, 0) is 88.4 Å². The monoisotopic (exact) mass is 1800 g/mol. The third kappa shape index (κ3) is 31.2. The molecule has 1 aliphatic heterocycles. The van der Waals surface area contributed by atoms with E-state index in [9.17, 15) is 58.5 Å². The van der Waals surface area contributed by atoms with Gasteiger partial charge in [0.25, 0.3) is 0 Å². The van der Waals surface area contributed by atoms with E-state index in [1.165, 1.54) is 88.7 Å². The summed E-state index contributed by atoms with van der Waals surface area (Å²) in [6.07, 6.45) is -3.18. The van der Waals surface area contributed by atoms with E-state index in [2.05, 4.69) is 42.2 Å². The minimum absolute atomic E-state index is 0.0415. The van der Waals surface area contributed by atoms with Gasteiger partial charge < -0.3 is 87.8 Å². The smallest absolute Gasteiger partial charge is 0.304 e. The molecule has 13 amide bonds. The summed E-state index contributed by atoms with van der Waals surface area (Å²) in [4.78, 5) is 258. The summed E-state index contributed by atoms with van der Waals surface area (Å²) in [5.74, 6) is -19.7. The van der Waals surface area contributed by atoms with Crippen LogP contribution in [0.15, 0.2) is 170 Å². The number of carboxylic acid groups (broad SMARTS) is 1. The number of benzene rings is 6. The lowest BCUT2D eigenvalue weighted by atomic mass is 9.83. The van der Waals surface area contributed by atoms with E-state index in [0.29, 0.717) is 57.1 Å². The van der Waals surface area contributed by atoms with Gasteiger partial charge in [-0.2, -0.15) is 0 Å². The number of nitrogens with zero attached hydrogens (tertiary/aromatic N) is 5. The number of carboxylic acids is 1. The molecular weight excluding hydrogens is 1680 g/mol. The van der Waals surface area contributed by atoms with Crippen LogP contribution in [0.3, 0.4) is 0 Å². The fourth-order valence-electron chi connectivity index (χ4n) is 15.9. The number of para-hydroxylation sites is 1. The number of hydrogen-bond donors (Lipinski definition) is 12. The molecule has 0 saturated carbocycles. The van der Waals surface area contributed by atoms with Gasteiger partial charge in [-0.15, -0.1) is 0 Å². The first-order valence-corrected chi connectivity index (χ1v) is 43.9. The molecule has 11 atom stereocenters.